The summed E-state index contributed by atoms with van der Waals surface area (Å²) in [5.74, 6) is 1.02. The van der Waals surface area contributed by atoms with Crippen LogP contribution in [0.15, 0.2) is 18.3 Å². The van der Waals surface area contributed by atoms with Crippen molar-refractivity contribution in [3.8, 4) is 0 Å². The fraction of sp³-hybridized carbons (Fsp3) is 0.615. The van der Waals surface area contributed by atoms with Gasteiger partial charge in [0.2, 0.25) is 0 Å². The number of nitrogens with two attached hydrogens (primary N) is 1. The van der Waals surface area contributed by atoms with Crippen molar-refractivity contribution in [2.75, 3.05) is 18.5 Å². The van der Waals surface area contributed by atoms with E-state index < -0.39 is 0 Å². The Morgan fingerprint density at radius 1 is 1.38 bits per heavy atom. The molecule has 0 unspecified atom stereocenters. The second kappa shape index (κ2) is 5.30. The zero-order valence-corrected chi connectivity index (χ0v) is 10.8. The normalized spacial score (nSPS) is 11.6. The Bertz CT molecular complexity index is 316. The Morgan fingerprint density at radius 2 is 2.06 bits per heavy atom. The van der Waals surface area contributed by atoms with Crippen LogP contribution in [0.4, 0.5) is 5.82 Å². The average Bonchev–Trinajstić information content (AvgIpc) is 2.29. The molecule has 1 aromatic heterocycles. The monoisotopic (exact) mass is 221 g/mol. The summed E-state index contributed by atoms with van der Waals surface area (Å²) in [5, 5.41) is 0. The van der Waals surface area contributed by atoms with E-state index in [0.717, 1.165) is 18.7 Å². The van der Waals surface area contributed by atoms with Crippen molar-refractivity contribution in [2.45, 2.75) is 39.2 Å². The van der Waals surface area contributed by atoms with E-state index in [1.807, 2.05) is 6.20 Å². The molecule has 0 aliphatic heterocycles. The predicted molar refractivity (Wildman–Crippen MR) is 69.8 cm³/mol. The van der Waals surface area contributed by atoms with Gasteiger partial charge >= 0.3 is 0 Å². The summed E-state index contributed by atoms with van der Waals surface area (Å²) < 4.78 is 0. The fourth-order valence-corrected chi connectivity index (χ4v) is 1.48. The summed E-state index contributed by atoms with van der Waals surface area (Å²) in [6, 6.07) is 4.18. The van der Waals surface area contributed by atoms with Crippen LogP contribution >= 0.6 is 0 Å². The molecule has 1 aromatic rings. The molecule has 0 saturated heterocycles. The van der Waals surface area contributed by atoms with Gasteiger partial charge in [0.05, 0.1) is 0 Å². The van der Waals surface area contributed by atoms with Gasteiger partial charge in [-0.15, -0.1) is 0 Å². The van der Waals surface area contributed by atoms with E-state index in [0.29, 0.717) is 6.54 Å². The molecule has 0 bridgehead atoms. The van der Waals surface area contributed by atoms with E-state index in [4.69, 9.17) is 5.73 Å². The van der Waals surface area contributed by atoms with Crippen LogP contribution < -0.4 is 10.6 Å². The van der Waals surface area contributed by atoms with E-state index in [1.54, 1.807) is 0 Å². The maximum atomic E-state index is 5.51. The quantitative estimate of drug-likeness (QED) is 0.829. The lowest BCUT2D eigenvalue weighted by molar-refractivity contribution is 0.467. The van der Waals surface area contributed by atoms with Gasteiger partial charge in [0, 0.05) is 18.8 Å². The van der Waals surface area contributed by atoms with E-state index in [9.17, 15) is 0 Å². The molecule has 0 aliphatic carbocycles. The van der Waals surface area contributed by atoms with Crippen LogP contribution in [-0.2, 0) is 6.42 Å². The Kier molecular flexibility index (Phi) is 4.30. The number of anilines is 1. The molecule has 16 heavy (non-hydrogen) atoms. The van der Waals surface area contributed by atoms with Crippen LogP contribution in [0.1, 0.15) is 32.8 Å². The van der Waals surface area contributed by atoms with Crippen LogP contribution in [0.5, 0.6) is 0 Å². The zero-order valence-electron chi connectivity index (χ0n) is 10.8. The highest BCUT2D eigenvalue weighted by molar-refractivity contribution is 5.41. The number of hydrogen-bond acceptors (Lipinski definition) is 3. The summed E-state index contributed by atoms with van der Waals surface area (Å²) in [6.07, 6.45) is 3.91. The first kappa shape index (κ1) is 13.0. The SMILES string of the molecule is CCC(C)(C)N(C)c1ccc(CCN)cn1. The molecule has 90 valence electrons. The molecule has 0 radical (unpaired) electrons. The van der Waals surface area contributed by atoms with E-state index in [-0.39, 0.29) is 5.54 Å². The Morgan fingerprint density at radius 3 is 2.50 bits per heavy atom. The van der Waals surface area contributed by atoms with Gasteiger partial charge in [-0.1, -0.05) is 13.0 Å². The van der Waals surface area contributed by atoms with Gasteiger partial charge in [0.1, 0.15) is 5.82 Å². The molecule has 0 fully saturated rings. The lowest BCUT2D eigenvalue weighted by Gasteiger charge is -2.35. The Labute approximate surface area is 98.7 Å². The molecule has 3 nitrogen and oxygen atoms in total. The van der Waals surface area contributed by atoms with Gasteiger partial charge in [0.15, 0.2) is 0 Å². The van der Waals surface area contributed by atoms with Crippen molar-refractivity contribution in [3.05, 3.63) is 23.9 Å². The molecular weight excluding hydrogens is 198 g/mol. The molecule has 2 N–H and O–H groups in total. The molecule has 0 spiro atoms. The van der Waals surface area contributed by atoms with Crippen molar-refractivity contribution in [1.82, 2.24) is 4.98 Å². The molecule has 0 aliphatic rings. The largest absolute Gasteiger partial charge is 0.355 e. The summed E-state index contributed by atoms with van der Waals surface area (Å²) >= 11 is 0. The van der Waals surface area contributed by atoms with Crippen LogP contribution in [0.25, 0.3) is 0 Å². The van der Waals surface area contributed by atoms with Crippen LogP contribution in [0, 0.1) is 0 Å². The Balaban J connectivity index is 2.81. The first-order chi connectivity index (χ1) is 7.51. The van der Waals surface area contributed by atoms with Gasteiger partial charge in [-0.3, -0.25) is 0 Å². The van der Waals surface area contributed by atoms with Gasteiger partial charge in [-0.25, -0.2) is 4.98 Å². The maximum absolute atomic E-state index is 5.51. The number of rotatable bonds is 5. The average molecular weight is 221 g/mol. The van der Waals surface area contributed by atoms with Crippen LogP contribution in [0.2, 0.25) is 0 Å². The van der Waals surface area contributed by atoms with Gasteiger partial charge in [-0.05, 0) is 44.9 Å². The first-order valence-corrected chi connectivity index (χ1v) is 5.90. The minimum atomic E-state index is 0.141. The fourth-order valence-electron chi connectivity index (χ4n) is 1.48. The third-order valence-electron chi connectivity index (χ3n) is 3.36. The van der Waals surface area contributed by atoms with E-state index in [2.05, 4.69) is 49.8 Å². The second-order valence-electron chi connectivity index (χ2n) is 4.79. The Hall–Kier alpha value is -1.09. The van der Waals surface area contributed by atoms with Gasteiger partial charge in [-0.2, -0.15) is 0 Å². The summed E-state index contributed by atoms with van der Waals surface area (Å²) in [7, 11) is 2.09. The molecule has 1 heterocycles. The summed E-state index contributed by atoms with van der Waals surface area (Å²) in [6.45, 7) is 7.32. The standard InChI is InChI=1S/C13H23N3/c1-5-13(2,3)16(4)12-7-6-11(8-9-14)10-15-12/h6-7,10H,5,8-9,14H2,1-4H3. The van der Waals surface area contributed by atoms with Crippen molar-refractivity contribution < 1.29 is 0 Å². The predicted octanol–water partition coefficient (Wildman–Crippen LogP) is 2.21. The lowest BCUT2D eigenvalue weighted by Crippen LogP contribution is -2.41. The van der Waals surface area contributed by atoms with Crippen LogP contribution in [-0.4, -0.2) is 24.1 Å². The highest BCUT2D eigenvalue weighted by atomic mass is 15.2. The lowest BCUT2D eigenvalue weighted by atomic mass is 10.00. The minimum Gasteiger partial charge on any atom is -0.355 e. The molecular formula is C13H23N3. The van der Waals surface area contributed by atoms with Gasteiger partial charge < -0.3 is 10.6 Å². The number of pyridine rings is 1. The van der Waals surface area contributed by atoms with Gasteiger partial charge in [0.25, 0.3) is 0 Å². The first-order valence-electron chi connectivity index (χ1n) is 5.90. The summed E-state index contributed by atoms with van der Waals surface area (Å²) in [5.41, 5.74) is 6.85. The smallest absolute Gasteiger partial charge is 0.128 e. The number of nitrogens with zero attached hydrogens (tertiary/aromatic N) is 2. The molecule has 0 aromatic carbocycles. The van der Waals surface area contributed by atoms with Crippen LogP contribution in [0.3, 0.4) is 0 Å². The molecule has 1 rings (SSSR count). The third kappa shape index (κ3) is 2.95. The summed E-state index contributed by atoms with van der Waals surface area (Å²) in [4.78, 5) is 6.70. The molecule has 0 amide bonds. The van der Waals surface area contributed by atoms with Crippen molar-refractivity contribution in [3.63, 3.8) is 0 Å². The second-order valence-corrected chi connectivity index (χ2v) is 4.79. The molecule has 0 atom stereocenters. The van der Waals surface area contributed by atoms with E-state index >= 15 is 0 Å². The molecule has 3 heteroatoms. The topological polar surface area (TPSA) is 42.1 Å². The van der Waals surface area contributed by atoms with E-state index in [1.165, 1.54) is 5.56 Å². The van der Waals surface area contributed by atoms with Crippen molar-refractivity contribution in [1.29, 1.82) is 0 Å². The number of aromatic nitrogens is 1. The highest BCUT2D eigenvalue weighted by Crippen LogP contribution is 2.22. The molecule has 0 saturated carbocycles. The maximum Gasteiger partial charge on any atom is 0.128 e. The van der Waals surface area contributed by atoms with Crippen molar-refractivity contribution in [2.24, 2.45) is 5.73 Å². The highest BCUT2D eigenvalue weighted by Gasteiger charge is 2.21. The number of hydrogen-bond donors (Lipinski definition) is 1. The minimum absolute atomic E-state index is 0.141. The van der Waals surface area contributed by atoms with Crippen molar-refractivity contribution >= 4 is 5.82 Å². The zero-order chi connectivity index (χ0) is 12.2. The third-order valence-corrected chi connectivity index (χ3v) is 3.36.